The van der Waals surface area contributed by atoms with Crippen LogP contribution in [0.1, 0.15) is 37.4 Å². The van der Waals surface area contributed by atoms with Crippen molar-refractivity contribution in [2.45, 2.75) is 12.8 Å². The quantitative estimate of drug-likeness (QED) is 0.531. The van der Waals surface area contributed by atoms with Crippen LogP contribution in [0.25, 0.3) is 0 Å². The Labute approximate surface area is 215 Å². The minimum Gasteiger partial charge on any atom is -0.353 e. The first-order chi connectivity index (χ1) is 17.9. The second-order valence-electron chi connectivity index (χ2n) is 9.72. The Morgan fingerprint density at radius 1 is 0.892 bits per heavy atom. The number of piperazine rings is 1. The van der Waals surface area contributed by atoms with Crippen molar-refractivity contribution in [3.63, 3.8) is 0 Å². The molecule has 1 saturated heterocycles. The average Bonchev–Trinajstić information content (AvgIpc) is 3.03. The van der Waals surface area contributed by atoms with Gasteiger partial charge in [0.15, 0.2) is 5.78 Å². The third-order valence-corrected chi connectivity index (χ3v) is 7.15. The summed E-state index contributed by atoms with van der Waals surface area (Å²) in [5, 5.41) is 5.95. The Kier molecular flexibility index (Phi) is 7.30. The van der Waals surface area contributed by atoms with Gasteiger partial charge in [-0.1, -0.05) is 6.07 Å². The number of fused-ring (bicyclic) bond motifs is 2. The van der Waals surface area contributed by atoms with Gasteiger partial charge in [0.1, 0.15) is 11.6 Å². The Morgan fingerprint density at radius 2 is 1.68 bits per heavy atom. The number of nitrogens with one attached hydrogen (secondary N) is 2. The first kappa shape index (κ1) is 25.0. The molecule has 0 radical (unpaired) electrons. The second kappa shape index (κ2) is 10.8. The molecule has 1 amide bonds. The van der Waals surface area contributed by atoms with Gasteiger partial charge in [-0.25, -0.2) is 8.78 Å². The van der Waals surface area contributed by atoms with Crippen LogP contribution in [-0.2, 0) is 12.8 Å². The topological polar surface area (TPSA) is 64.7 Å². The summed E-state index contributed by atoms with van der Waals surface area (Å²) < 4.78 is 27.3. The number of likely N-dealkylation sites (N-methyl/N-ethyl adjacent to an activating group) is 1. The lowest BCUT2D eigenvalue weighted by atomic mass is 9.96. The minimum atomic E-state index is -0.687. The van der Waals surface area contributed by atoms with Crippen LogP contribution in [-0.4, -0.2) is 67.8 Å². The van der Waals surface area contributed by atoms with E-state index in [1.807, 2.05) is 12.1 Å². The maximum Gasteiger partial charge on any atom is 0.251 e. The molecule has 1 heterocycles. The third-order valence-electron chi connectivity index (χ3n) is 7.15. The van der Waals surface area contributed by atoms with Crippen LogP contribution in [0.3, 0.4) is 0 Å². The zero-order chi connectivity index (χ0) is 25.9. The number of hydrogen-bond acceptors (Lipinski definition) is 5. The fourth-order valence-electron chi connectivity index (χ4n) is 4.91. The molecule has 3 aromatic rings. The van der Waals surface area contributed by atoms with Gasteiger partial charge in [0.05, 0.1) is 5.69 Å². The van der Waals surface area contributed by atoms with Crippen molar-refractivity contribution in [1.82, 2.24) is 15.1 Å². The van der Waals surface area contributed by atoms with Gasteiger partial charge in [0.25, 0.3) is 5.91 Å². The summed E-state index contributed by atoms with van der Waals surface area (Å²) in [7, 11) is 2.11. The van der Waals surface area contributed by atoms with E-state index in [4.69, 9.17) is 0 Å². The number of rotatable bonds is 6. The van der Waals surface area contributed by atoms with Crippen molar-refractivity contribution in [3.05, 3.63) is 94.0 Å². The van der Waals surface area contributed by atoms with E-state index < -0.39 is 11.6 Å². The highest BCUT2D eigenvalue weighted by atomic mass is 19.1. The zero-order valence-corrected chi connectivity index (χ0v) is 20.8. The lowest BCUT2D eigenvalue weighted by Crippen LogP contribution is -2.46. The minimum absolute atomic E-state index is 0.130. The lowest BCUT2D eigenvalue weighted by Gasteiger charge is -2.32. The van der Waals surface area contributed by atoms with Crippen molar-refractivity contribution in [3.8, 4) is 0 Å². The molecular weight excluding hydrogens is 474 g/mol. The summed E-state index contributed by atoms with van der Waals surface area (Å²) in [4.78, 5) is 30.9. The van der Waals surface area contributed by atoms with Gasteiger partial charge in [-0.3, -0.25) is 14.5 Å². The number of aryl methyl sites for hydroxylation is 2. The van der Waals surface area contributed by atoms with Gasteiger partial charge in [0, 0.05) is 67.7 Å². The highest BCUT2D eigenvalue weighted by Crippen LogP contribution is 2.29. The van der Waals surface area contributed by atoms with Crippen molar-refractivity contribution < 1.29 is 18.4 Å². The number of halogens is 2. The average molecular weight is 505 g/mol. The molecule has 1 aliphatic heterocycles. The number of nitrogens with zero attached hydrogens (tertiary/aromatic N) is 2. The fourth-order valence-corrected chi connectivity index (χ4v) is 4.91. The number of carbonyl (C=O) groups excluding carboxylic acids is 2. The standard InChI is InChI=1S/C29H30F2N4O2/c1-34-12-14-35(15-13-34)11-10-32-29(37)21-5-3-19-2-4-20-16-23(7-8-24(20)28(36)25(19)17-21)33-27-9-6-22(30)18-26(27)31/h3,5-9,16-18,33H,2,4,10-15H2,1H3,(H,32,37). The molecule has 8 heteroatoms. The summed E-state index contributed by atoms with van der Waals surface area (Å²) in [5.41, 5.74) is 4.09. The Balaban J connectivity index is 1.28. The maximum absolute atomic E-state index is 14.1. The highest BCUT2D eigenvalue weighted by Gasteiger charge is 2.23. The fraction of sp³-hybridized carbons (Fsp3) is 0.310. The van der Waals surface area contributed by atoms with Gasteiger partial charge in [-0.15, -0.1) is 0 Å². The molecule has 0 atom stereocenters. The number of hydrogen-bond donors (Lipinski definition) is 2. The van der Waals surface area contributed by atoms with Crippen LogP contribution in [0.5, 0.6) is 0 Å². The highest BCUT2D eigenvalue weighted by molar-refractivity contribution is 6.12. The van der Waals surface area contributed by atoms with E-state index in [1.54, 1.807) is 24.3 Å². The van der Waals surface area contributed by atoms with Crippen molar-refractivity contribution >= 4 is 23.1 Å². The van der Waals surface area contributed by atoms with Crippen LogP contribution in [0, 0.1) is 11.6 Å². The zero-order valence-electron chi connectivity index (χ0n) is 20.8. The maximum atomic E-state index is 14.1. The van der Waals surface area contributed by atoms with Crippen LogP contribution in [0.2, 0.25) is 0 Å². The van der Waals surface area contributed by atoms with E-state index in [0.29, 0.717) is 41.8 Å². The van der Waals surface area contributed by atoms with E-state index >= 15 is 0 Å². The molecule has 0 bridgehead atoms. The molecule has 2 N–H and O–H groups in total. The summed E-state index contributed by atoms with van der Waals surface area (Å²) in [6, 6.07) is 13.9. The van der Waals surface area contributed by atoms with Gasteiger partial charge in [-0.05, 0) is 73.5 Å². The van der Waals surface area contributed by atoms with Gasteiger partial charge >= 0.3 is 0 Å². The Morgan fingerprint density at radius 3 is 2.46 bits per heavy atom. The molecule has 192 valence electrons. The van der Waals surface area contributed by atoms with E-state index in [-0.39, 0.29) is 17.4 Å². The molecule has 1 aliphatic carbocycles. The first-order valence-electron chi connectivity index (χ1n) is 12.6. The largest absolute Gasteiger partial charge is 0.353 e. The third kappa shape index (κ3) is 5.70. The first-order valence-corrected chi connectivity index (χ1v) is 12.6. The molecule has 5 rings (SSSR count). The number of amides is 1. The van der Waals surface area contributed by atoms with Gasteiger partial charge in [-0.2, -0.15) is 0 Å². The van der Waals surface area contributed by atoms with Crippen molar-refractivity contribution in [2.75, 3.05) is 51.6 Å². The van der Waals surface area contributed by atoms with Gasteiger partial charge in [0.2, 0.25) is 0 Å². The summed E-state index contributed by atoms with van der Waals surface area (Å²) in [6.07, 6.45) is 1.28. The van der Waals surface area contributed by atoms with Crippen molar-refractivity contribution in [2.24, 2.45) is 0 Å². The smallest absolute Gasteiger partial charge is 0.251 e. The summed E-state index contributed by atoms with van der Waals surface area (Å²) in [6.45, 7) is 5.41. The molecule has 2 aliphatic rings. The van der Waals surface area contributed by atoms with Crippen LogP contribution in [0.4, 0.5) is 20.2 Å². The lowest BCUT2D eigenvalue weighted by molar-refractivity contribution is 0.0941. The predicted octanol–water partition coefficient (Wildman–Crippen LogP) is 4.02. The molecule has 0 spiro atoms. The molecule has 0 unspecified atom stereocenters. The number of benzene rings is 3. The summed E-state index contributed by atoms with van der Waals surface area (Å²) in [5.74, 6) is -1.65. The molecule has 0 aromatic heterocycles. The normalized spacial score (nSPS) is 16.0. The number of carbonyl (C=O) groups is 2. The molecule has 0 saturated carbocycles. The van der Waals surface area contributed by atoms with E-state index in [0.717, 1.165) is 49.9 Å². The van der Waals surface area contributed by atoms with Gasteiger partial charge < -0.3 is 15.5 Å². The Hall–Kier alpha value is -3.62. The summed E-state index contributed by atoms with van der Waals surface area (Å²) >= 11 is 0. The number of ketones is 1. The van der Waals surface area contributed by atoms with Crippen molar-refractivity contribution in [1.29, 1.82) is 0 Å². The van der Waals surface area contributed by atoms with Crippen LogP contribution < -0.4 is 10.6 Å². The molecule has 3 aromatic carbocycles. The monoisotopic (exact) mass is 504 g/mol. The SMILES string of the molecule is CN1CCN(CCNC(=O)c2ccc3c(c2)C(=O)c2ccc(Nc4ccc(F)cc4F)cc2CC3)CC1. The predicted molar refractivity (Wildman–Crippen MR) is 140 cm³/mol. The number of anilines is 2. The Bertz CT molecular complexity index is 1340. The molecule has 37 heavy (non-hydrogen) atoms. The molecule has 6 nitrogen and oxygen atoms in total. The van der Waals surface area contributed by atoms with E-state index in [9.17, 15) is 18.4 Å². The van der Waals surface area contributed by atoms with E-state index in [1.165, 1.54) is 12.1 Å². The van der Waals surface area contributed by atoms with Crippen LogP contribution in [0.15, 0.2) is 54.6 Å². The second-order valence-corrected chi connectivity index (χ2v) is 9.72. The molecule has 1 fully saturated rings. The van der Waals surface area contributed by atoms with E-state index in [2.05, 4.69) is 27.5 Å². The van der Waals surface area contributed by atoms with Crippen LogP contribution >= 0.6 is 0 Å². The molecular formula is C29H30F2N4O2.